The maximum atomic E-state index is 12.8. The summed E-state index contributed by atoms with van der Waals surface area (Å²) in [5.74, 6) is -0.528. The van der Waals surface area contributed by atoms with Gasteiger partial charge >= 0.3 is 5.97 Å². The molecule has 2 fully saturated rings. The molecular formula is C18H22BrN2O4+. The number of carbonyl (C=O) groups is 3. The largest absolute Gasteiger partial charge is 0.466 e. The number of anilines is 1. The van der Waals surface area contributed by atoms with E-state index in [1.165, 1.54) is 4.90 Å². The number of nitrogens with one attached hydrogen (secondary N) is 1. The van der Waals surface area contributed by atoms with Crippen LogP contribution in [-0.2, 0) is 19.1 Å². The number of benzene rings is 1. The highest BCUT2D eigenvalue weighted by Gasteiger charge is 2.47. The lowest BCUT2D eigenvalue weighted by atomic mass is 9.95. The molecule has 25 heavy (non-hydrogen) atoms. The molecule has 2 saturated heterocycles. The van der Waals surface area contributed by atoms with Gasteiger partial charge in [-0.15, -0.1) is 0 Å². The van der Waals surface area contributed by atoms with Crippen LogP contribution in [0.5, 0.6) is 0 Å². The predicted octanol–water partition coefficient (Wildman–Crippen LogP) is 0.939. The van der Waals surface area contributed by atoms with Crippen molar-refractivity contribution in [3.8, 4) is 0 Å². The first kappa shape index (κ1) is 18.1. The Kier molecular flexibility index (Phi) is 5.54. The zero-order valence-electron chi connectivity index (χ0n) is 14.2. The highest BCUT2D eigenvalue weighted by Crippen LogP contribution is 2.24. The van der Waals surface area contributed by atoms with Crippen LogP contribution in [0.15, 0.2) is 28.7 Å². The molecule has 2 heterocycles. The molecule has 134 valence electrons. The molecule has 0 radical (unpaired) electrons. The maximum absolute atomic E-state index is 12.8. The van der Waals surface area contributed by atoms with E-state index in [2.05, 4.69) is 15.9 Å². The number of hydrogen-bond acceptors (Lipinski definition) is 4. The van der Waals surface area contributed by atoms with E-state index < -0.39 is 0 Å². The van der Waals surface area contributed by atoms with Crippen LogP contribution in [0, 0.1) is 5.92 Å². The molecule has 0 aromatic heterocycles. The van der Waals surface area contributed by atoms with E-state index in [1.807, 2.05) is 12.1 Å². The van der Waals surface area contributed by atoms with E-state index in [-0.39, 0.29) is 36.2 Å². The molecule has 1 N–H and O–H groups in total. The van der Waals surface area contributed by atoms with Gasteiger partial charge in [0.15, 0.2) is 6.04 Å². The van der Waals surface area contributed by atoms with Crippen molar-refractivity contribution in [2.45, 2.75) is 32.2 Å². The number of imide groups is 1. The smallest absolute Gasteiger partial charge is 0.309 e. The second-order valence-electron chi connectivity index (χ2n) is 6.49. The van der Waals surface area contributed by atoms with Gasteiger partial charge in [0.05, 0.1) is 37.7 Å². The minimum Gasteiger partial charge on any atom is -0.466 e. The number of quaternary nitrogens is 1. The Balaban J connectivity index is 1.65. The van der Waals surface area contributed by atoms with E-state index >= 15 is 0 Å². The van der Waals surface area contributed by atoms with Crippen molar-refractivity contribution in [3.63, 3.8) is 0 Å². The molecular weight excluding hydrogens is 388 g/mol. The second kappa shape index (κ2) is 7.66. The number of carbonyl (C=O) groups excluding carboxylic acids is 3. The third-order valence-electron chi connectivity index (χ3n) is 4.97. The molecule has 1 atom stereocenters. The van der Waals surface area contributed by atoms with Crippen molar-refractivity contribution in [2.24, 2.45) is 5.92 Å². The topological polar surface area (TPSA) is 68.1 Å². The van der Waals surface area contributed by atoms with E-state index in [9.17, 15) is 14.4 Å². The zero-order chi connectivity index (χ0) is 18.0. The predicted molar refractivity (Wildman–Crippen MR) is 95.1 cm³/mol. The van der Waals surface area contributed by atoms with Gasteiger partial charge in [0.1, 0.15) is 0 Å². The van der Waals surface area contributed by atoms with Crippen molar-refractivity contribution in [3.05, 3.63) is 28.7 Å². The molecule has 7 heteroatoms. The molecule has 0 spiro atoms. The summed E-state index contributed by atoms with van der Waals surface area (Å²) in [6.45, 7) is 3.62. The highest BCUT2D eigenvalue weighted by atomic mass is 79.9. The van der Waals surface area contributed by atoms with Crippen LogP contribution < -0.4 is 9.80 Å². The van der Waals surface area contributed by atoms with Crippen molar-refractivity contribution in [1.29, 1.82) is 0 Å². The molecule has 1 aromatic carbocycles. The lowest BCUT2D eigenvalue weighted by Gasteiger charge is -2.31. The fraction of sp³-hybridized carbons (Fsp3) is 0.500. The Morgan fingerprint density at radius 1 is 1.24 bits per heavy atom. The average molecular weight is 410 g/mol. The SMILES string of the molecule is CCOC(=O)C1CC[NH+]([C@@H]2CC(=O)N(c3ccc(Br)cc3)C2=O)CC1. The highest BCUT2D eigenvalue weighted by molar-refractivity contribution is 9.10. The summed E-state index contributed by atoms with van der Waals surface area (Å²) in [5, 5.41) is 0. The Hall–Kier alpha value is -1.73. The number of rotatable bonds is 4. The summed E-state index contributed by atoms with van der Waals surface area (Å²) in [4.78, 5) is 39.4. The third-order valence-corrected chi connectivity index (χ3v) is 5.50. The number of ether oxygens (including phenoxy) is 1. The molecule has 0 bridgehead atoms. The van der Waals surface area contributed by atoms with E-state index in [0.717, 1.165) is 9.37 Å². The number of hydrogen-bond donors (Lipinski definition) is 1. The molecule has 2 aliphatic rings. The van der Waals surface area contributed by atoms with Gasteiger partial charge < -0.3 is 9.64 Å². The number of likely N-dealkylation sites (tertiary alicyclic amines) is 1. The van der Waals surface area contributed by atoms with Gasteiger partial charge in [0.2, 0.25) is 5.91 Å². The first-order chi connectivity index (χ1) is 12.0. The quantitative estimate of drug-likeness (QED) is 0.593. The molecule has 6 nitrogen and oxygen atoms in total. The number of nitrogens with zero attached hydrogens (tertiary/aromatic N) is 1. The van der Waals surface area contributed by atoms with Crippen LogP contribution in [0.25, 0.3) is 0 Å². The van der Waals surface area contributed by atoms with Gasteiger partial charge in [-0.2, -0.15) is 0 Å². The number of esters is 1. The van der Waals surface area contributed by atoms with Crippen molar-refractivity contribution in [2.75, 3.05) is 24.6 Å². The molecule has 0 saturated carbocycles. The molecule has 3 rings (SSSR count). The fourth-order valence-electron chi connectivity index (χ4n) is 3.65. The Morgan fingerprint density at radius 3 is 2.48 bits per heavy atom. The molecule has 0 unspecified atom stereocenters. The van der Waals surface area contributed by atoms with Crippen LogP contribution in [0.2, 0.25) is 0 Å². The number of piperidine rings is 1. The van der Waals surface area contributed by atoms with Crippen LogP contribution >= 0.6 is 15.9 Å². The van der Waals surface area contributed by atoms with Gasteiger partial charge in [-0.3, -0.25) is 14.4 Å². The fourth-order valence-corrected chi connectivity index (χ4v) is 3.91. The summed E-state index contributed by atoms with van der Waals surface area (Å²) >= 11 is 3.36. The van der Waals surface area contributed by atoms with Crippen LogP contribution in [0.4, 0.5) is 5.69 Å². The number of amides is 2. The van der Waals surface area contributed by atoms with Gasteiger partial charge in [0, 0.05) is 17.3 Å². The summed E-state index contributed by atoms with van der Waals surface area (Å²) < 4.78 is 5.98. The van der Waals surface area contributed by atoms with Crippen molar-refractivity contribution in [1.82, 2.24) is 0 Å². The summed E-state index contributed by atoms with van der Waals surface area (Å²) in [6.07, 6.45) is 1.63. The Morgan fingerprint density at radius 2 is 1.88 bits per heavy atom. The van der Waals surface area contributed by atoms with Crippen LogP contribution in [0.1, 0.15) is 26.2 Å². The van der Waals surface area contributed by atoms with Gasteiger partial charge in [-0.1, -0.05) is 15.9 Å². The lowest BCUT2D eigenvalue weighted by molar-refractivity contribution is -0.920. The molecule has 2 amide bonds. The monoisotopic (exact) mass is 409 g/mol. The van der Waals surface area contributed by atoms with Gasteiger partial charge in [-0.05, 0) is 31.2 Å². The Bertz CT molecular complexity index is 668. The summed E-state index contributed by atoms with van der Waals surface area (Å²) in [6, 6.07) is 6.83. The third kappa shape index (κ3) is 3.77. The van der Waals surface area contributed by atoms with E-state index in [0.29, 0.717) is 38.2 Å². The van der Waals surface area contributed by atoms with Crippen molar-refractivity contribution < 1.29 is 24.0 Å². The first-order valence-corrected chi connectivity index (χ1v) is 9.44. The standard InChI is InChI=1S/C18H21BrN2O4/c1-2-25-18(24)12-7-9-20(10-8-12)15-11-16(22)21(17(15)23)14-5-3-13(19)4-6-14/h3-6,12,15H,2,7-11H2,1H3/p+1/t15-/m1/s1. The van der Waals surface area contributed by atoms with E-state index in [1.54, 1.807) is 19.1 Å². The second-order valence-corrected chi connectivity index (χ2v) is 7.40. The molecule has 1 aromatic rings. The van der Waals surface area contributed by atoms with E-state index in [4.69, 9.17) is 4.74 Å². The van der Waals surface area contributed by atoms with Gasteiger partial charge in [0.25, 0.3) is 5.91 Å². The molecule has 2 aliphatic heterocycles. The minimum absolute atomic E-state index is 0.0847. The molecule has 0 aliphatic carbocycles. The summed E-state index contributed by atoms with van der Waals surface area (Å²) in [7, 11) is 0. The van der Waals surface area contributed by atoms with Crippen LogP contribution in [-0.4, -0.2) is 43.5 Å². The van der Waals surface area contributed by atoms with Crippen LogP contribution in [0.3, 0.4) is 0 Å². The minimum atomic E-state index is -0.348. The first-order valence-electron chi connectivity index (χ1n) is 8.64. The lowest BCUT2D eigenvalue weighted by Crippen LogP contribution is -3.17. The average Bonchev–Trinajstić information content (AvgIpc) is 2.91. The van der Waals surface area contributed by atoms with Gasteiger partial charge in [-0.25, -0.2) is 4.90 Å². The van der Waals surface area contributed by atoms with Crippen molar-refractivity contribution >= 4 is 39.4 Å². The number of halogens is 1. The zero-order valence-corrected chi connectivity index (χ0v) is 15.8. The Labute approximate surface area is 155 Å². The maximum Gasteiger partial charge on any atom is 0.309 e. The normalized spacial score (nSPS) is 26.8. The summed E-state index contributed by atoms with van der Waals surface area (Å²) in [5.41, 5.74) is 0.613.